The number of hydrogen-bond donors (Lipinski definition) is 1. The average Bonchev–Trinajstić information content (AvgIpc) is 1.97. The number of carboxylic acid groups (broad SMARTS) is 1. The number of carbonyl (C=O) groups is 1. The number of hydrogen-bond acceptors (Lipinski definition) is 1. The Hall–Kier alpha value is -0.0700. The molecule has 15 N–H and O–H groups in total. The molecule has 0 fully saturated rings. The van der Waals surface area contributed by atoms with Crippen molar-refractivity contribution in [3.05, 3.63) is 11.6 Å². The molecule has 0 heterocycles. The van der Waals surface area contributed by atoms with E-state index in [1.54, 1.807) is 13.0 Å². The van der Waals surface area contributed by atoms with Crippen LogP contribution in [0.5, 0.6) is 0 Å². The third kappa shape index (κ3) is 46.1. The molecule has 0 aliphatic heterocycles. The van der Waals surface area contributed by atoms with Crippen molar-refractivity contribution < 1.29 is 48.2 Å². The van der Waals surface area contributed by atoms with Gasteiger partial charge in [-0.25, -0.2) is 4.79 Å². The third-order valence-corrected chi connectivity index (χ3v) is 1.60. The molecule has 10 heteroatoms. The van der Waals surface area contributed by atoms with E-state index in [9.17, 15) is 4.79 Å². The molecule has 122 valence electrons. The van der Waals surface area contributed by atoms with Crippen molar-refractivity contribution in [2.24, 2.45) is 0 Å². The van der Waals surface area contributed by atoms with E-state index in [2.05, 4.69) is 6.92 Å². The van der Waals surface area contributed by atoms with Gasteiger partial charge in [-0.05, 0) is 19.8 Å². The van der Waals surface area contributed by atoms with Crippen LogP contribution in [0.15, 0.2) is 11.6 Å². The molecule has 19 heavy (non-hydrogen) atoms. The van der Waals surface area contributed by atoms with Crippen molar-refractivity contribution in [3.63, 3.8) is 0 Å². The minimum absolute atomic E-state index is 0. The Morgan fingerprint density at radius 3 is 1.58 bits per heavy atom. The Bertz CT molecular complexity index is 164. The number of carboxylic acids is 1. The predicted molar refractivity (Wildman–Crippen MR) is 78.0 cm³/mol. The zero-order chi connectivity index (χ0) is 8.69. The van der Waals surface area contributed by atoms with Crippen molar-refractivity contribution in [2.75, 3.05) is 0 Å². The second kappa shape index (κ2) is 43.0. The van der Waals surface area contributed by atoms with Gasteiger partial charge in [0.2, 0.25) is 0 Å². The maximum absolute atomic E-state index is 10.3. The summed E-state index contributed by atoms with van der Waals surface area (Å²) in [5.41, 5.74) is 0.459. The fraction of sp³-hybridized carbons (Fsp3) is 0.667. The monoisotopic (exact) mass is 306 g/mol. The van der Waals surface area contributed by atoms with Crippen molar-refractivity contribution >= 4 is 35.5 Å². The van der Waals surface area contributed by atoms with Gasteiger partial charge >= 0.3 is 35.5 Å². The normalized spacial score (nSPS) is 6.74. The molecule has 9 nitrogen and oxygen atoms in total. The molecule has 0 aliphatic carbocycles. The molecule has 0 aromatic carbocycles. The minimum atomic E-state index is -0.804. The number of unbranched alkanes of at least 4 members (excludes halogenated alkanes) is 3. The molecular weight excluding hydrogens is 275 g/mol. The van der Waals surface area contributed by atoms with Crippen molar-refractivity contribution in [3.8, 4) is 0 Å². The van der Waals surface area contributed by atoms with Gasteiger partial charge in [0.15, 0.2) is 0 Å². The van der Waals surface area contributed by atoms with Gasteiger partial charge in [0.1, 0.15) is 0 Å². The standard InChI is InChI=1S/C9H16O2.Na.7H2O.H/c1-3-4-5-6-7-8(2)9(10)11;;;;;;;;;/h7H,3-6H2,1-2H3,(H,10,11);;7*1H2;. The topological polar surface area (TPSA) is 258 Å². The molecule has 0 aromatic rings. The van der Waals surface area contributed by atoms with E-state index >= 15 is 0 Å². The van der Waals surface area contributed by atoms with Gasteiger partial charge in [-0.15, -0.1) is 0 Å². The number of allylic oxidation sites excluding steroid dienone is 1. The van der Waals surface area contributed by atoms with Crippen LogP contribution in [-0.4, -0.2) is 79.0 Å². The van der Waals surface area contributed by atoms with E-state index in [0.717, 1.165) is 12.8 Å². The van der Waals surface area contributed by atoms with E-state index in [0.29, 0.717) is 5.57 Å². The fourth-order valence-corrected chi connectivity index (χ4v) is 0.800. The first-order valence-corrected chi connectivity index (χ1v) is 4.08. The molecule has 0 unspecified atom stereocenters. The summed E-state index contributed by atoms with van der Waals surface area (Å²) >= 11 is 0. The molecule has 0 aromatic heterocycles. The molecule has 0 atom stereocenters. The van der Waals surface area contributed by atoms with Crippen LogP contribution in [0.3, 0.4) is 0 Å². The number of rotatable bonds is 5. The maximum atomic E-state index is 10.3. The molecule has 0 bridgehead atoms. The predicted octanol–water partition coefficient (Wildman–Crippen LogP) is -3.82. The third-order valence-electron chi connectivity index (χ3n) is 1.60. The van der Waals surface area contributed by atoms with Gasteiger partial charge in [0.25, 0.3) is 0 Å². The first-order valence-electron chi connectivity index (χ1n) is 4.08. The summed E-state index contributed by atoms with van der Waals surface area (Å²) in [6.07, 6.45) is 6.15. The van der Waals surface area contributed by atoms with Gasteiger partial charge in [-0.2, -0.15) is 0 Å². The summed E-state index contributed by atoms with van der Waals surface area (Å²) in [7, 11) is 0. The molecule has 0 spiro atoms. The van der Waals surface area contributed by atoms with Crippen molar-refractivity contribution in [1.82, 2.24) is 0 Å². The summed E-state index contributed by atoms with van der Waals surface area (Å²) in [4.78, 5) is 10.3. The van der Waals surface area contributed by atoms with Gasteiger partial charge in [0, 0.05) is 5.57 Å². The van der Waals surface area contributed by atoms with Crippen LogP contribution in [0, 0.1) is 0 Å². The molecule has 0 saturated carbocycles. The Morgan fingerprint density at radius 1 is 0.947 bits per heavy atom. The van der Waals surface area contributed by atoms with Gasteiger partial charge in [-0.3, -0.25) is 0 Å². The quantitative estimate of drug-likeness (QED) is 0.304. The summed E-state index contributed by atoms with van der Waals surface area (Å²) in [5, 5.41) is 8.47. The van der Waals surface area contributed by atoms with E-state index in [-0.39, 0.29) is 67.9 Å². The van der Waals surface area contributed by atoms with E-state index in [1.165, 1.54) is 12.8 Å². The summed E-state index contributed by atoms with van der Waals surface area (Å²) in [6, 6.07) is 0. The second-order valence-corrected chi connectivity index (χ2v) is 2.69. The number of aliphatic carboxylic acids is 1. The summed E-state index contributed by atoms with van der Waals surface area (Å²) in [5.74, 6) is -0.804. The zero-order valence-electron chi connectivity index (χ0n) is 10.8. The van der Waals surface area contributed by atoms with Gasteiger partial charge < -0.3 is 43.4 Å². The molecular formula is C9H31NaO9. The average molecular weight is 306 g/mol. The molecule has 0 radical (unpaired) electrons. The van der Waals surface area contributed by atoms with Gasteiger partial charge in [0.05, 0.1) is 0 Å². The molecule has 0 rings (SSSR count). The van der Waals surface area contributed by atoms with Crippen molar-refractivity contribution in [1.29, 1.82) is 0 Å². The molecule has 0 amide bonds. The zero-order valence-corrected chi connectivity index (χ0v) is 10.8. The van der Waals surface area contributed by atoms with Crippen LogP contribution >= 0.6 is 0 Å². The van der Waals surface area contributed by atoms with Crippen LogP contribution in [-0.2, 0) is 4.79 Å². The Morgan fingerprint density at radius 2 is 1.32 bits per heavy atom. The summed E-state index contributed by atoms with van der Waals surface area (Å²) in [6.45, 7) is 3.77. The first kappa shape index (κ1) is 61.7. The van der Waals surface area contributed by atoms with Crippen LogP contribution in [0.2, 0.25) is 0 Å². The van der Waals surface area contributed by atoms with Crippen LogP contribution in [0.1, 0.15) is 39.5 Å². The Labute approximate surface area is 135 Å². The van der Waals surface area contributed by atoms with Crippen LogP contribution in [0.4, 0.5) is 0 Å². The Balaban J connectivity index is -0.0000000179. The second-order valence-electron chi connectivity index (χ2n) is 2.69. The fourth-order valence-electron chi connectivity index (χ4n) is 0.800. The van der Waals surface area contributed by atoms with Crippen molar-refractivity contribution in [2.45, 2.75) is 39.5 Å². The van der Waals surface area contributed by atoms with E-state index in [1.807, 2.05) is 0 Å². The van der Waals surface area contributed by atoms with E-state index in [4.69, 9.17) is 5.11 Å². The first-order chi connectivity index (χ1) is 5.18. The van der Waals surface area contributed by atoms with Gasteiger partial charge in [-0.1, -0.05) is 25.8 Å². The Kier molecular flexibility index (Phi) is 140. The van der Waals surface area contributed by atoms with E-state index < -0.39 is 5.97 Å². The SMILES string of the molecule is CCCCCC=C(C)C(=O)O.O.O.O.O.O.O.O.[NaH]. The summed E-state index contributed by atoms with van der Waals surface area (Å²) < 4.78 is 0. The molecule has 0 aliphatic rings. The van der Waals surface area contributed by atoms with Crippen LogP contribution < -0.4 is 0 Å². The van der Waals surface area contributed by atoms with Crippen LogP contribution in [0.25, 0.3) is 0 Å². The molecule has 0 saturated heterocycles.